The highest BCUT2D eigenvalue weighted by atomic mass is 32.1. The van der Waals surface area contributed by atoms with Crippen LogP contribution < -0.4 is 4.90 Å². The van der Waals surface area contributed by atoms with Gasteiger partial charge in [0.1, 0.15) is 16.5 Å². The number of hydrogen-bond donors (Lipinski definition) is 1. The first-order valence-corrected chi connectivity index (χ1v) is 11.3. The van der Waals surface area contributed by atoms with Crippen LogP contribution in [-0.4, -0.2) is 58.5 Å². The molecule has 0 radical (unpaired) electrons. The van der Waals surface area contributed by atoms with Crippen molar-refractivity contribution in [1.82, 2.24) is 14.9 Å². The van der Waals surface area contributed by atoms with Crippen molar-refractivity contribution in [3.05, 3.63) is 42.2 Å². The molecule has 0 bridgehead atoms. The highest BCUT2D eigenvalue weighted by Gasteiger charge is 2.29. The summed E-state index contributed by atoms with van der Waals surface area (Å²) in [6, 6.07) is 12.4. The van der Waals surface area contributed by atoms with Gasteiger partial charge in [0.2, 0.25) is 5.91 Å². The Bertz CT molecular complexity index is 1090. The van der Waals surface area contributed by atoms with Gasteiger partial charge >= 0.3 is 5.97 Å². The van der Waals surface area contributed by atoms with Crippen LogP contribution in [0.15, 0.2) is 36.4 Å². The molecule has 0 saturated carbocycles. The second-order valence-electron chi connectivity index (χ2n) is 7.95. The molecule has 1 aliphatic rings. The van der Waals surface area contributed by atoms with E-state index in [1.807, 2.05) is 25.1 Å². The van der Waals surface area contributed by atoms with E-state index in [1.165, 1.54) is 10.4 Å². The molecule has 7 nitrogen and oxygen atoms in total. The molecule has 0 spiro atoms. The maximum atomic E-state index is 12.7. The van der Waals surface area contributed by atoms with E-state index < -0.39 is 5.97 Å². The Labute approximate surface area is 185 Å². The van der Waals surface area contributed by atoms with Gasteiger partial charge in [-0.05, 0) is 31.4 Å². The number of amides is 1. The number of carboxylic acid groups (broad SMARTS) is 1. The van der Waals surface area contributed by atoms with Crippen molar-refractivity contribution >= 4 is 39.2 Å². The van der Waals surface area contributed by atoms with Gasteiger partial charge < -0.3 is 14.9 Å². The zero-order valence-electron chi connectivity index (χ0n) is 17.7. The Hall–Kier alpha value is -3.00. The minimum Gasteiger partial charge on any atom is -0.481 e. The van der Waals surface area contributed by atoms with Gasteiger partial charge in [0.25, 0.3) is 0 Å². The zero-order valence-corrected chi connectivity index (χ0v) is 18.6. The number of thiophene rings is 1. The third-order valence-corrected chi connectivity index (χ3v) is 6.80. The van der Waals surface area contributed by atoms with Crippen molar-refractivity contribution in [1.29, 1.82) is 0 Å². The maximum absolute atomic E-state index is 12.7. The lowest BCUT2D eigenvalue weighted by Crippen LogP contribution is -2.42. The fraction of sp³-hybridized carbons (Fsp3) is 0.391. The quantitative estimate of drug-likeness (QED) is 0.630. The fourth-order valence-electron chi connectivity index (χ4n) is 4.02. The molecule has 1 aliphatic heterocycles. The summed E-state index contributed by atoms with van der Waals surface area (Å²) in [7, 11) is 1.69. The molecule has 8 heteroatoms. The molecular weight excluding hydrogens is 412 g/mol. The topological polar surface area (TPSA) is 86.6 Å². The van der Waals surface area contributed by atoms with Gasteiger partial charge in [0.15, 0.2) is 0 Å². The Morgan fingerprint density at radius 2 is 1.90 bits per heavy atom. The first kappa shape index (κ1) is 21.2. The van der Waals surface area contributed by atoms with Crippen molar-refractivity contribution in [3.63, 3.8) is 0 Å². The molecule has 31 heavy (non-hydrogen) atoms. The summed E-state index contributed by atoms with van der Waals surface area (Å²) in [6.07, 6.45) is 1.44. The zero-order chi connectivity index (χ0) is 22.0. The lowest BCUT2D eigenvalue weighted by atomic mass is 9.95. The average Bonchev–Trinajstić information content (AvgIpc) is 3.21. The van der Waals surface area contributed by atoms with E-state index in [-0.39, 0.29) is 24.8 Å². The molecule has 3 heterocycles. The third kappa shape index (κ3) is 4.69. The number of carbonyl (C=O) groups is 2. The summed E-state index contributed by atoms with van der Waals surface area (Å²) in [4.78, 5) is 38.8. The Morgan fingerprint density at radius 1 is 1.19 bits per heavy atom. The molecule has 1 fully saturated rings. The second-order valence-corrected chi connectivity index (χ2v) is 8.99. The summed E-state index contributed by atoms with van der Waals surface area (Å²) < 4.78 is 0. The standard InChI is InChI=1S/C23H26N4O3S/c1-15-24-21(18-14-19(31-22(18)25-15)16-6-4-3-5-7-16)27-12-8-17(9-13-27)23(30)26(2)11-10-20(28)29/h3-7,14,17H,8-13H2,1-2H3,(H,28,29). The van der Waals surface area contributed by atoms with Gasteiger partial charge in [-0.3, -0.25) is 9.59 Å². The number of benzene rings is 1. The molecular formula is C23H26N4O3S. The number of carbonyl (C=O) groups excluding carboxylic acids is 1. The van der Waals surface area contributed by atoms with Crippen molar-refractivity contribution in [2.75, 3.05) is 31.6 Å². The van der Waals surface area contributed by atoms with E-state index in [0.29, 0.717) is 0 Å². The lowest BCUT2D eigenvalue weighted by molar-refractivity contribution is -0.139. The number of fused-ring (bicyclic) bond motifs is 1. The predicted octanol–water partition coefficient (Wildman–Crippen LogP) is 3.82. The normalized spacial score (nSPS) is 14.7. The first-order chi connectivity index (χ1) is 14.9. The molecule has 1 aromatic carbocycles. The molecule has 4 rings (SSSR count). The number of piperidine rings is 1. The monoisotopic (exact) mass is 438 g/mol. The Balaban J connectivity index is 1.50. The summed E-state index contributed by atoms with van der Waals surface area (Å²) >= 11 is 1.67. The van der Waals surface area contributed by atoms with Crippen LogP contribution >= 0.6 is 11.3 Å². The first-order valence-electron chi connectivity index (χ1n) is 10.5. The Kier molecular flexibility index (Phi) is 6.18. The van der Waals surface area contributed by atoms with Crippen LogP contribution in [0.4, 0.5) is 5.82 Å². The summed E-state index contributed by atoms with van der Waals surface area (Å²) in [6.45, 7) is 3.65. The number of aliphatic carboxylic acids is 1. The van der Waals surface area contributed by atoms with Crippen molar-refractivity contribution in [2.45, 2.75) is 26.2 Å². The van der Waals surface area contributed by atoms with Crippen LogP contribution in [-0.2, 0) is 9.59 Å². The van der Waals surface area contributed by atoms with Crippen molar-refractivity contribution in [3.8, 4) is 10.4 Å². The number of nitrogens with zero attached hydrogens (tertiary/aromatic N) is 4. The highest BCUT2D eigenvalue weighted by molar-refractivity contribution is 7.21. The van der Waals surface area contributed by atoms with Crippen LogP contribution in [0, 0.1) is 12.8 Å². The van der Waals surface area contributed by atoms with Crippen LogP contribution in [0.1, 0.15) is 25.1 Å². The number of anilines is 1. The van der Waals surface area contributed by atoms with Crippen LogP contribution in [0.25, 0.3) is 20.7 Å². The Morgan fingerprint density at radius 3 is 2.58 bits per heavy atom. The van der Waals surface area contributed by atoms with Gasteiger partial charge in [-0.2, -0.15) is 0 Å². The van der Waals surface area contributed by atoms with E-state index in [4.69, 9.17) is 10.1 Å². The van der Waals surface area contributed by atoms with E-state index in [2.05, 4.69) is 28.1 Å². The fourth-order valence-corrected chi connectivity index (χ4v) is 5.10. The van der Waals surface area contributed by atoms with E-state index in [1.54, 1.807) is 23.3 Å². The van der Waals surface area contributed by atoms with Crippen molar-refractivity contribution in [2.24, 2.45) is 5.92 Å². The minimum atomic E-state index is -0.886. The third-order valence-electron chi connectivity index (χ3n) is 5.72. The SMILES string of the molecule is Cc1nc(N2CCC(C(=O)N(C)CCC(=O)O)CC2)c2cc(-c3ccccc3)sc2n1. The van der Waals surface area contributed by atoms with E-state index >= 15 is 0 Å². The second kappa shape index (κ2) is 9.01. The molecule has 1 saturated heterocycles. The highest BCUT2D eigenvalue weighted by Crippen LogP contribution is 2.37. The predicted molar refractivity (Wildman–Crippen MR) is 122 cm³/mol. The molecule has 0 atom stereocenters. The maximum Gasteiger partial charge on any atom is 0.305 e. The lowest BCUT2D eigenvalue weighted by Gasteiger charge is -2.34. The van der Waals surface area contributed by atoms with Crippen molar-refractivity contribution < 1.29 is 14.7 Å². The van der Waals surface area contributed by atoms with Crippen LogP contribution in [0.5, 0.6) is 0 Å². The number of rotatable bonds is 6. The number of aryl methyl sites for hydroxylation is 1. The molecule has 2 aromatic heterocycles. The van der Waals surface area contributed by atoms with Gasteiger partial charge in [0, 0.05) is 37.5 Å². The van der Waals surface area contributed by atoms with E-state index in [9.17, 15) is 9.59 Å². The number of aromatic nitrogens is 2. The largest absolute Gasteiger partial charge is 0.481 e. The van der Waals surface area contributed by atoms with Crippen LogP contribution in [0.3, 0.4) is 0 Å². The van der Waals surface area contributed by atoms with E-state index in [0.717, 1.165) is 47.8 Å². The summed E-state index contributed by atoms with van der Waals surface area (Å²) in [5.41, 5.74) is 1.17. The molecule has 1 N–H and O–H groups in total. The molecule has 0 unspecified atom stereocenters. The van der Waals surface area contributed by atoms with Gasteiger partial charge in [-0.25, -0.2) is 9.97 Å². The van der Waals surface area contributed by atoms with Crippen LogP contribution in [0.2, 0.25) is 0 Å². The minimum absolute atomic E-state index is 0.0266. The summed E-state index contributed by atoms with van der Waals surface area (Å²) in [5, 5.41) is 9.90. The molecule has 3 aromatic rings. The average molecular weight is 439 g/mol. The van der Waals surface area contributed by atoms with Gasteiger partial charge in [-0.1, -0.05) is 30.3 Å². The number of hydrogen-bond acceptors (Lipinski definition) is 6. The number of carboxylic acids is 1. The molecule has 162 valence electrons. The van der Waals surface area contributed by atoms with Gasteiger partial charge in [0.05, 0.1) is 11.8 Å². The smallest absolute Gasteiger partial charge is 0.305 e. The molecule has 1 amide bonds. The summed E-state index contributed by atoms with van der Waals surface area (Å²) in [5.74, 6) is 0.757. The molecule has 0 aliphatic carbocycles. The van der Waals surface area contributed by atoms with Gasteiger partial charge in [-0.15, -0.1) is 11.3 Å².